The van der Waals surface area contributed by atoms with Crippen molar-refractivity contribution in [2.45, 2.75) is 36.6 Å². The van der Waals surface area contributed by atoms with E-state index in [1.165, 1.54) is 6.07 Å². The van der Waals surface area contributed by atoms with Crippen LogP contribution in [0.1, 0.15) is 19.4 Å². The van der Waals surface area contributed by atoms with Crippen LogP contribution in [0.15, 0.2) is 56.7 Å². The molecule has 0 aliphatic rings. The van der Waals surface area contributed by atoms with E-state index >= 15 is 0 Å². The third kappa shape index (κ3) is 5.06. The van der Waals surface area contributed by atoms with Gasteiger partial charge in [0, 0.05) is 10.5 Å². The van der Waals surface area contributed by atoms with E-state index in [0.717, 1.165) is 5.56 Å². The fourth-order valence-corrected chi connectivity index (χ4v) is 4.23. The zero-order valence-corrected chi connectivity index (χ0v) is 16.7. The number of nitrogens with one attached hydrogen (secondary N) is 2. The lowest BCUT2D eigenvalue weighted by Gasteiger charge is -2.14. The summed E-state index contributed by atoms with van der Waals surface area (Å²) >= 11 is 3.31. The standard InChI is InChI=1S/C18H21BrN2O3S/c1-12(2)21-18(22)11-20-16-9-6-14(19)10-17(16)25(23,24)15-7-4-13(3)5-8-15/h4-10,12,20H,11H2,1-3H3,(H,21,22). The Morgan fingerprint density at radius 2 is 1.76 bits per heavy atom. The number of benzene rings is 2. The zero-order valence-electron chi connectivity index (χ0n) is 14.3. The highest BCUT2D eigenvalue weighted by Crippen LogP contribution is 2.30. The van der Waals surface area contributed by atoms with Crippen molar-refractivity contribution in [2.24, 2.45) is 0 Å². The molecule has 0 unspecified atom stereocenters. The number of halogens is 1. The van der Waals surface area contributed by atoms with Crippen LogP contribution >= 0.6 is 15.9 Å². The highest BCUT2D eigenvalue weighted by atomic mass is 79.9. The van der Waals surface area contributed by atoms with E-state index in [-0.39, 0.29) is 28.3 Å². The van der Waals surface area contributed by atoms with Gasteiger partial charge >= 0.3 is 0 Å². The van der Waals surface area contributed by atoms with Crippen molar-refractivity contribution in [3.8, 4) is 0 Å². The summed E-state index contributed by atoms with van der Waals surface area (Å²) in [4.78, 5) is 12.2. The van der Waals surface area contributed by atoms with Gasteiger partial charge in [0.15, 0.2) is 0 Å². The second-order valence-electron chi connectivity index (χ2n) is 6.03. The molecule has 1 amide bonds. The van der Waals surface area contributed by atoms with Gasteiger partial charge in [0.05, 0.1) is 22.0 Å². The highest BCUT2D eigenvalue weighted by molar-refractivity contribution is 9.10. The van der Waals surface area contributed by atoms with Crippen molar-refractivity contribution < 1.29 is 13.2 Å². The number of hydrogen-bond acceptors (Lipinski definition) is 4. The Hall–Kier alpha value is -1.86. The quantitative estimate of drug-likeness (QED) is 0.743. The van der Waals surface area contributed by atoms with Crippen LogP contribution in [0.25, 0.3) is 0 Å². The van der Waals surface area contributed by atoms with Crippen molar-refractivity contribution in [2.75, 3.05) is 11.9 Å². The summed E-state index contributed by atoms with van der Waals surface area (Å²) in [5, 5.41) is 5.68. The first-order valence-electron chi connectivity index (χ1n) is 7.84. The SMILES string of the molecule is Cc1ccc(S(=O)(=O)c2cc(Br)ccc2NCC(=O)NC(C)C)cc1. The number of anilines is 1. The summed E-state index contributed by atoms with van der Waals surface area (Å²) in [7, 11) is -3.70. The van der Waals surface area contributed by atoms with Crippen LogP contribution in [0.3, 0.4) is 0 Å². The van der Waals surface area contributed by atoms with E-state index in [9.17, 15) is 13.2 Å². The van der Waals surface area contributed by atoms with Gasteiger partial charge in [-0.2, -0.15) is 0 Å². The second kappa shape index (κ2) is 8.01. The van der Waals surface area contributed by atoms with Crippen LogP contribution in [-0.4, -0.2) is 26.9 Å². The molecule has 2 aromatic carbocycles. The maximum atomic E-state index is 13.0. The lowest BCUT2D eigenvalue weighted by Crippen LogP contribution is -2.35. The zero-order chi connectivity index (χ0) is 18.6. The predicted molar refractivity (Wildman–Crippen MR) is 103 cm³/mol. The van der Waals surface area contributed by atoms with Gasteiger partial charge in [0.2, 0.25) is 15.7 Å². The van der Waals surface area contributed by atoms with Gasteiger partial charge in [-0.05, 0) is 51.1 Å². The van der Waals surface area contributed by atoms with Crippen LogP contribution in [0.4, 0.5) is 5.69 Å². The molecule has 2 rings (SSSR count). The second-order valence-corrected chi connectivity index (χ2v) is 8.87. The number of aryl methyl sites for hydroxylation is 1. The van der Waals surface area contributed by atoms with E-state index in [1.807, 2.05) is 20.8 Å². The van der Waals surface area contributed by atoms with Gasteiger partial charge in [-0.3, -0.25) is 4.79 Å². The first kappa shape index (κ1) is 19.5. The molecule has 0 saturated carbocycles. The van der Waals surface area contributed by atoms with Gasteiger partial charge in [0.25, 0.3) is 0 Å². The van der Waals surface area contributed by atoms with Crippen molar-refractivity contribution in [3.63, 3.8) is 0 Å². The maximum absolute atomic E-state index is 13.0. The van der Waals surface area contributed by atoms with E-state index < -0.39 is 9.84 Å². The third-order valence-electron chi connectivity index (χ3n) is 3.45. The number of sulfone groups is 1. The molecular weight excluding hydrogens is 404 g/mol. The molecule has 0 aliphatic carbocycles. The fraction of sp³-hybridized carbons (Fsp3) is 0.278. The van der Waals surface area contributed by atoms with Crippen LogP contribution in [0.5, 0.6) is 0 Å². The molecule has 2 aromatic rings. The van der Waals surface area contributed by atoms with E-state index in [0.29, 0.717) is 10.2 Å². The largest absolute Gasteiger partial charge is 0.375 e. The molecule has 0 spiro atoms. The molecule has 134 valence electrons. The molecule has 0 fully saturated rings. The first-order valence-corrected chi connectivity index (χ1v) is 10.1. The van der Waals surface area contributed by atoms with E-state index in [1.54, 1.807) is 36.4 Å². The molecule has 0 heterocycles. The molecule has 25 heavy (non-hydrogen) atoms. The lowest BCUT2D eigenvalue weighted by molar-refractivity contribution is -0.119. The smallest absolute Gasteiger partial charge is 0.239 e. The number of carbonyl (C=O) groups excluding carboxylic acids is 1. The molecule has 0 bridgehead atoms. The summed E-state index contributed by atoms with van der Waals surface area (Å²) < 4.78 is 26.6. The number of carbonyl (C=O) groups is 1. The van der Waals surface area contributed by atoms with Crippen LogP contribution in [0, 0.1) is 6.92 Å². The Kier molecular flexibility index (Phi) is 6.24. The van der Waals surface area contributed by atoms with Gasteiger partial charge < -0.3 is 10.6 Å². The van der Waals surface area contributed by atoms with E-state index in [4.69, 9.17) is 0 Å². The normalized spacial score (nSPS) is 11.4. The minimum Gasteiger partial charge on any atom is -0.375 e. The minimum absolute atomic E-state index is 0.00374. The molecule has 2 N–H and O–H groups in total. The molecule has 0 aliphatic heterocycles. The third-order valence-corrected chi connectivity index (χ3v) is 5.76. The number of rotatable bonds is 6. The molecule has 7 heteroatoms. The molecule has 0 saturated heterocycles. The summed E-state index contributed by atoms with van der Waals surface area (Å²) in [6.45, 7) is 5.63. The molecule has 5 nitrogen and oxygen atoms in total. The van der Waals surface area contributed by atoms with Crippen molar-refractivity contribution in [3.05, 3.63) is 52.5 Å². The summed E-state index contributed by atoms with van der Waals surface area (Å²) in [6, 6.07) is 11.6. The Morgan fingerprint density at radius 3 is 2.36 bits per heavy atom. The summed E-state index contributed by atoms with van der Waals surface area (Å²) in [6.07, 6.45) is 0. The summed E-state index contributed by atoms with van der Waals surface area (Å²) in [5.74, 6) is -0.198. The first-order chi connectivity index (χ1) is 11.7. The van der Waals surface area contributed by atoms with Crippen molar-refractivity contribution in [1.82, 2.24) is 5.32 Å². The minimum atomic E-state index is -3.70. The fourth-order valence-electron chi connectivity index (χ4n) is 2.26. The Labute approximate surface area is 156 Å². The van der Waals surface area contributed by atoms with Crippen molar-refractivity contribution in [1.29, 1.82) is 0 Å². The number of amides is 1. The Bertz CT molecular complexity index is 862. The Balaban J connectivity index is 2.35. The number of hydrogen-bond donors (Lipinski definition) is 2. The van der Waals surface area contributed by atoms with Gasteiger partial charge in [-0.1, -0.05) is 33.6 Å². The molecule has 0 radical (unpaired) electrons. The molecule has 0 atom stereocenters. The predicted octanol–water partition coefficient (Wildman–Crippen LogP) is 3.53. The monoisotopic (exact) mass is 424 g/mol. The average Bonchev–Trinajstić information content (AvgIpc) is 2.53. The molecule has 0 aromatic heterocycles. The highest BCUT2D eigenvalue weighted by Gasteiger charge is 2.22. The lowest BCUT2D eigenvalue weighted by atomic mass is 10.2. The van der Waals surface area contributed by atoms with Gasteiger partial charge in [0.1, 0.15) is 0 Å². The van der Waals surface area contributed by atoms with Crippen LogP contribution < -0.4 is 10.6 Å². The van der Waals surface area contributed by atoms with Crippen molar-refractivity contribution >= 4 is 37.4 Å². The topological polar surface area (TPSA) is 75.3 Å². The van der Waals surface area contributed by atoms with Crippen LogP contribution in [0.2, 0.25) is 0 Å². The summed E-state index contributed by atoms with van der Waals surface area (Å²) in [5.41, 5.74) is 1.37. The average molecular weight is 425 g/mol. The molecular formula is C18H21BrN2O3S. The van der Waals surface area contributed by atoms with Gasteiger partial charge in [-0.15, -0.1) is 0 Å². The Morgan fingerprint density at radius 1 is 1.12 bits per heavy atom. The van der Waals surface area contributed by atoms with Gasteiger partial charge in [-0.25, -0.2) is 8.42 Å². The van der Waals surface area contributed by atoms with Crippen LogP contribution in [-0.2, 0) is 14.6 Å². The van der Waals surface area contributed by atoms with E-state index in [2.05, 4.69) is 26.6 Å². The maximum Gasteiger partial charge on any atom is 0.239 e.